The molecule has 0 amide bonds. The van der Waals surface area contributed by atoms with Crippen LogP contribution in [0.5, 0.6) is 0 Å². The lowest BCUT2D eigenvalue weighted by molar-refractivity contribution is 0.0858. The maximum Gasteiger partial charge on any atom is 0.00192 e. The number of nitrogens with zero attached hydrogens (tertiary/aromatic N) is 1. The van der Waals surface area contributed by atoms with Crippen LogP contribution in [-0.2, 0) is 0 Å². The summed E-state index contributed by atoms with van der Waals surface area (Å²) >= 11 is 0. The van der Waals surface area contributed by atoms with Crippen LogP contribution in [-0.4, -0.2) is 37.1 Å². The molecule has 1 atom stereocenters. The van der Waals surface area contributed by atoms with Gasteiger partial charge in [-0.2, -0.15) is 0 Å². The van der Waals surface area contributed by atoms with Gasteiger partial charge in [-0.15, -0.1) is 0 Å². The van der Waals surface area contributed by atoms with Gasteiger partial charge < -0.3 is 10.2 Å². The molecule has 1 saturated heterocycles. The Morgan fingerprint density at radius 3 is 2.06 bits per heavy atom. The standard InChI is InChI=1S/C16H34N2/c1-6-16(7-2)8-10-18(11-9-16)13-15(5)12-17-14(3)4/h14-15,17H,6-13H2,1-5H3. The summed E-state index contributed by atoms with van der Waals surface area (Å²) in [6, 6.07) is 0.613. The Kier molecular flexibility index (Phi) is 6.65. The monoisotopic (exact) mass is 254 g/mol. The van der Waals surface area contributed by atoms with Gasteiger partial charge >= 0.3 is 0 Å². The summed E-state index contributed by atoms with van der Waals surface area (Å²) < 4.78 is 0. The summed E-state index contributed by atoms with van der Waals surface area (Å²) in [5.74, 6) is 0.767. The van der Waals surface area contributed by atoms with E-state index in [-0.39, 0.29) is 0 Å². The quantitative estimate of drug-likeness (QED) is 0.748. The first kappa shape index (κ1) is 16.0. The SMILES string of the molecule is CCC1(CC)CCN(CC(C)CNC(C)C)CC1. The zero-order valence-electron chi connectivity index (χ0n) is 13.3. The van der Waals surface area contributed by atoms with Crippen LogP contribution in [0.2, 0.25) is 0 Å². The minimum Gasteiger partial charge on any atom is -0.314 e. The number of rotatable bonds is 7. The van der Waals surface area contributed by atoms with Crippen LogP contribution in [0.25, 0.3) is 0 Å². The molecule has 0 aromatic heterocycles. The first-order valence-corrected chi connectivity index (χ1v) is 7.97. The molecule has 0 bridgehead atoms. The molecule has 1 heterocycles. The van der Waals surface area contributed by atoms with Gasteiger partial charge in [0.05, 0.1) is 0 Å². The minimum absolute atomic E-state index is 0.613. The van der Waals surface area contributed by atoms with Gasteiger partial charge in [-0.25, -0.2) is 0 Å². The predicted molar refractivity (Wildman–Crippen MR) is 81.0 cm³/mol. The summed E-state index contributed by atoms with van der Waals surface area (Å²) in [6.07, 6.45) is 5.54. The van der Waals surface area contributed by atoms with Gasteiger partial charge in [-0.3, -0.25) is 0 Å². The van der Waals surface area contributed by atoms with E-state index >= 15 is 0 Å². The second kappa shape index (κ2) is 7.49. The highest BCUT2D eigenvalue weighted by molar-refractivity contribution is 4.84. The van der Waals surface area contributed by atoms with Gasteiger partial charge in [-0.05, 0) is 43.8 Å². The number of piperidine rings is 1. The average Bonchev–Trinajstić information content (AvgIpc) is 2.38. The molecule has 0 saturated carbocycles. The third kappa shape index (κ3) is 4.89. The molecule has 0 aromatic rings. The Morgan fingerprint density at radius 1 is 1.06 bits per heavy atom. The van der Waals surface area contributed by atoms with E-state index in [1.807, 2.05) is 0 Å². The molecule has 0 radical (unpaired) electrons. The molecule has 108 valence electrons. The number of hydrogen-bond acceptors (Lipinski definition) is 2. The molecular weight excluding hydrogens is 220 g/mol. The van der Waals surface area contributed by atoms with Gasteiger partial charge in [0.2, 0.25) is 0 Å². The smallest absolute Gasteiger partial charge is 0.00192 e. The summed E-state index contributed by atoms with van der Waals surface area (Å²) in [5, 5.41) is 3.55. The Balaban J connectivity index is 2.26. The highest BCUT2D eigenvalue weighted by atomic mass is 15.1. The second-order valence-electron chi connectivity index (χ2n) is 6.68. The molecule has 2 heteroatoms. The van der Waals surface area contributed by atoms with Crippen LogP contribution in [0.1, 0.15) is 60.3 Å². The van der Waals surface area contributed by atoms with Crippen LogP contribution in [0.3, 0.4) is 0 Å². The lowest BCUT2D eigenvalue weighted by atomic mass is 9.74. The molecule has 1 N–H and O–H groups in total. The molecule has 0 spiro atoms. The van der Waals surface area contributed by atoms with Crippen molar-refractivity contribution >= 4 is 0 Å². The number of nitrogens with one attached hydrogen (secondary N) is 1. The minimum atomic E-state index is 0.613. The zero-order chi connectivity index (χ0) is 13.6. The van der Waals surface area contributed by atoms with Crippen LogP contribution < -0.4 is 5.32 Å². The molecule has 2 nitrogen and oxygen atoms in total. The van der Waals surface area contributed by atoms with Crippen molar-refractivity contribution in [3.05, 3.63) is 0 Å². The number of likely N-dealkylation sites (tertiary alicyclic amines) is 1. The molecule has 18 heavy (non-hydrogen) atoms. The lowest BCUT2D eigenvalue weighted by Crippen LogP contribution is -2.43. The van der Waals surface area contributed by atoms with E-state index in [1.54, 1.807) is 0 Å². The normalized spacial score (nSPS) is 22.3. The Morgan fingerprint density at radius 2 is 1.61 bits per heavy atom. The third-order valence-electron chi connectivity index (χ3n) is 4.86. The summed E-state index contributed by atoms with van der Waals surface area (Å²) in [4.78, 5) is 2.68. The molecule has 1 rings (SSSR count). The first-order chi connectivity index (χ1) is 8.51. The molecule has 1 aliphatic rings. The van der Waals surface area contributed by atoms with Gasteiger partial charge in [0.25, 0.3) is 0 Å². The van der Waals surface area contributed by atoms with Crippen molar-refractivity contribution in [2.24, 2.45) is 11.3 Å². The summed E-state index contributed by atoms with van der Waals surface area (Å²) in [6.45, 7) is 16.6. The van der Waals surface area contributed by atoms with E-state index in [1.165, 1.54) is 45.3 Å². The molecule has 0 aliphatic carbocycles. The Bertz CT molecular complexity index is 211. The topological polar surface area (TPSA) is 15.3 Å². The average molecular weight is 254 g/mol. The lowest BCUT2D eigenvalue weighted by Gasteiger charge is -2.41. The fourth-order valence-electron chi connectivity index (χ4n) is 3.11. The van der Waals surface area contributed by atoms with E-state index in [0.717, 1.165) is 12.5 Å². The predicted octanol–water partition coefficient (Wildman–Crippen LogP) is 3.52. The first-order valence-electron chi connectivity index (χ1n) is 7.97. The van der Waals surface area contributed by atoms with Crippen molar-refractivity contribution in [3.8, 4) is 0 Å². The van der Waals surface area contributed by atoms with Gasteiger partial charge in [-0.1, -0.05) is 47.5 Å². The van der Waals surface area contributed by atoms with Gasteiger partial charge in [0.15, 0.2) is 0 Å². The van der Waals surface area contributed by atoms with Gasteiger partial charge in [0.1, 0.15) is 0 Å². The van der Waals surface area contributed by atoms with Crippen molar-refractivity contribution in [1.82, 2.24) is 10.2 Å². The van der Waals surface area contributed by atoms with E-state index in [4.69, 9.17) is 0 Å². The summed E-state index contributed by atoms with van der Waals surface area (Å²) in [5.41, 5.74) is 0.663. The van der Waals surface area contributed by atoms with Crippen LogP contribution in [0, 0.1) is 11.3 Å². The van der Waals surface area contributed by atoms with E-state index in [0.29, 0.717) is 11.5 Å². The zero-order valence-corrected chi connectivity index (χ0v) is 13.3. The van der Waals surface area contributed by atoms with Crippen molar-refractivity contribution in [2.45, 2.75) is 66.3 Å². The van der Waals surface area contributed by atoms with Crippen molar-refractivity contribution in [3.63, 3.8) is 0 Å². The molecular formula is C16H34N2. The third-order valence-corrected chi connectivity index (χ3v) is 4.86. The van der Waals surface area contributed by atoms with Crippen molar-refractivity contribution in [2.75, 3.05) is 26.2 Å². The van der Waals surface area contributed by atoms with E-state index in [2.05, 4.69) is 44.8 Å². The fourth-order valence-corrected chi connectivity index (χ4v) is 3.11. The largest absolute Gasteiger partial charge is 0.314 e. The van der Waals surface area contributed by atoms with Crippen molar-refractivity contribution < 1.29 is 0 Å². The van der Waals surface area contributed by atoms with Gasteiger partial charge in [0, 0.05) is 12.6 Å². The summed E-state index contributed by atoms with van der Waals surface area (Å²) in [7, 11) is 0. The van der Waals surface area contributed by atoms with Crippen molar-refractivity contribution in [1.29, 1.82) is 0 Å². The highest BCUT2D eigenvalue weighted by Crippen LogP contribution is 2.37. The maximum atomic E-state index is 3.55. The molecule has 1 unspecified atom stereocenters. The molecule has 1 fully saturated rings. The second-order valence-corrected chi connectivity index (χ2v) is 6.68. The Hall–Kier alpha value is -0.0800. The fraction of sp³-hybridized carbons (Fsp3) is 1.00. The Labute approximate surface area is 115 Å². The van der Waals surface area contributed by atoms with E-state index in [9.17, 15) is 0 Å². The highest BCUT2D eigenvalue weighted by Gasteiger charge is 2.31. The van der Waals surface area contributed by atoms with Crippen LogP contribution >= 0.6 is 0 Å². The maximum absolute atomic E-state index is 3.55. The van der Waals surface area contributed by atoms with Crippen LogP contribution in [0.4, 0.5) is 0 Å². The molecule has 1 aliphatic heterocycles. The number of hydrogen-bond donors (Lipinski definition) is 1. The van der Waals surface area contributed by atoms with E-state index < -0.39 is 0 Å². The van der Waals surface area contributed by atoms with Crippen LogP contribution in [0.15, 0.2) is 0 Å². The molecule has 0 aromatic carbocycles.